The molecule has 0 aromatic heterocycles. The molecule has 0 bridgehead atoms. The second-order valence-electron chi connectivity index (χ2n) is 6.06. The number of hydrogen-bond donors (Lipinski definition) is 0. The van der Waals surface area contributed by atoms with Crippen LogP contribution in [0.25, 0.3) is 0 Å². The molecule has 1 aromatic carbocycles. The third-order valence-electron chi connectivity index (χ3n) is 5.43. The molecule has 0 amide bonds. The Morgan fingerprint density at radius 2 is 1.94 bits per heavy atom. The second kappa shape index (κ2) is 3.99. The fourth-order valence-corrected chi connectivity index (χ4v) is 4.66. The molecule has 4 rings (SSSR count). The van der Waals surface area contributed by atoms with Gasteiger partial charge in [0.15, 0.2) is 0 Å². The molecule has 4 unspecified atom stereocenters. The van der Waals surface area contributed by atoms with Gasteiger partial charge in [-0.2, -0.15) is 0 Å². The van der Waals surface area contributed by atoms with E-state index in [2.05, 4.69) is 29.2 Å². The zero-order chi connectivity index (χ0) is 12.1. The van der Waals surface area contributed by atoms with Crippen LogP contribution in [0, 0.1) is 5.92 Å². The largest absolute Gasteiger partial charge is 0.497 e. The highest BCUT2D eigenvalue weighted by atomic mass is 16.5. The number of rotatable bonds is 2. The van der Waals surface area contributed by atoms with Crippen molar-refractivity contribution in [2.45, 2.75) is 43.7 Å². The minimum absolute atomic E-state index is 0.773. The van der Waals surface area contributed by atoms with Crippen molar-refractivity contribution in [3.63, 3.8) is 0 Å². The van der Waals surface area contributed by atoms with E-state index in [4.69, 9.17) is 4.74 Å². The van der Waals surface area contributed by atoms with Crippen LogP contribution in [0.15, 0.2) is 24.3 Å². The lowest BCUT2D eigenvalue weighted by Gasteiger charge is -2.50. The van der Waals surface area contributed by atoms with Crippen molar-refractivity contribution in [2.24, 2.45) is 5.92 Å². The standard InChI is InChI=1S/C16H21NO/c1-18-12-7-5-11(6-8-12)13-9-10-17-15-4-2-3-14(15)16(13)17/h5-8,13-16H,2-4,9-10H2,1H3. The van der Waals surface area contributed by atoms with Gasteiger partial charge < -0.3 is 4.74 Å². The lowest BCUT2D eigenvalue weighted by molar-refractivity contribution is -0.00933. The molecular weight excluding hydrogens is 222 g/mol. The molecule has 0 N–H and O–H groups in total. The Bertz CT molecular complexity index is 435. The van der Waals surface area contributed by atoms with E-state index >= 15 is 0 Å². The van der Waals surface area contributed by atoms with Crippen LogP contribution in [0.5, 0.6) is 5.75 Å². The third-order valence-corrected chi connectivity index (χ3v) is 5.43. The quantitative estimate of drug-likeness (QED) is 0.791. The normalized spacial score (nSPS) is 38.1. The van der Waals surface area contributed by atoms with Gasteiger partial charge in [-0.05, 0) is 49.4 Å². The summed E-state index contributed by atoms with van der Waals surface area (Å²) in [5, 5.41) is 0. The van der Waals surface area contributed by atoms with Crippen molar-refractivity contribution < 1.29 is 4.74 Å². The third kappa shape index (κ3) is 1.38. The summed E-state index contributed by atoms with van der Waals surface area (Å²) >= 11 is 0. The average Bonchev–Trinajstić information content (AvgIpc) is 2.96. The van der Waals surface area contributed by atoms with E-state index in [0.717, 1.165) is 29.7 Å². The van der Waals surface area contributed by atoms with Crippen molar-refractivity contribution in [1.82, 2.24) is 4.90 Å². The van der Waals surface area contributed by atoms with E-state index in [-0.39, 0.29) is 0 Å². The van der Waals surface area contributed by atoms with Crippen molar-refractivity contribution in [3.8, 4) is 5.75 Å². The molecule has 3 fully saturated rings. The number of hydrogen-bond acceptors (Lipinski definition) is 2. The van der Waals surface area contributed by atoms with E-state index in [9.17, 15) is 0 Å². The van der Waals surface area contributed by atoms with Crippen molar-refractivity contribution in [3.05, 3.63) is 29.8 Å². The minimum Gasteiger partial charge on any atom is -0.497 e. The van der Waals surface area contributed by atoms with E-state index in [1.807, 2.05) is 0 Å². The first kappa shape index (κ1) is 10.9. The molecule has 2 saturated heterocycles. The van der Waals surface area contributed by atoms with E-state index in [1.54, 1.807) is 7.11 Å². The van der Waals surface area contributed by atoms with Crippen LogP contribution in [0.4, 0.5) is 0 Å². The number of benzene rings is 1. The summed E-state index contributed by atoms with van der Waals surface area (Å²) in [7, 11) is 1.74. The van der Waals surface area contributed by atoms with Crippen molar-refractivity contribution in [2.75, 3.05) is 13.7 Å². The molecule has 1 saturated carbocycles. The Kier molecular flexibility index (Phi) is 2.41. The van der Waals surface area contributed by atoms with Gasteiger partial charge in [0.2, 0.25) is 0 Å². The minimum atomic E-state index is 0.773. The van der Waals surface area contributed by atoms with Gasteiger partial charge in [0.05, 0.1) is 7.11 Å². The Morgan fingerprint density at radius 1 is 1.11 bits per heavy atom. The highest BCUT2D eigenvalue weighted by molar-refractivity contribution is 5.32. The van der Waals surface area contributed by atoms with Crippen LogP contribution in [0.3, 0.4) is 0 Å². The summed E-state index contributed by atoms with van der Waals surface area (Å²) in [6.07, 6.45) is 5.73. The molecule has 1 aromatic rings. The molecule has 0 spiro atoms. The van der Waals surface area contributed by atoms with E-state index in [0.29, 0.717) is 0 Å². The van der Waals surface area contributed by atoms with Crippen molar-refractivity contribution in [1.29, 1.82) is 0 Å². The maximum atomic E-state index is 5.25. The zero-order valence-electron chi connectivity index (χ0n) is 11.0. The van der Waals surface area contributed by atoms with Crippen LogP contribution in [0.1, 0.15) is 37.2 Å². The molecule has 3 aliphatic rings. The van der Waals surface area contributed by atoms with Crippen LogP contribution < -0.4 is 4.74 Å². The molecule has 18 heavy (non-hydrogen) atoms. The second-order valence-corrected chi connectivity index (χ2v) is 6.06. The first-order chi connectivity index (χ1) is 8.88. The van der Waals surface area contributed by atoms with Crippen LogP contribution in [-0.2, 0) is 0 Å². The molecule has 2 nitrogen and oxygen atoms in total. The van der Waals surface area contributed by atoms with Crippen molar-refractivity contribution >= 4 is 0 Å². The average molecular weight is 243 g/mol. The van der Waals surface area contributed by atoms with Gasteiger partial charge in [-0.3, -0.25) is 4.90 Å². The molecule has 96 valence electrons. The number of nitrogens with zero attached hydrogens (tertiary/aromatic N) is 1. The predicted octanol–water partition coefficient (Wildman–Crippen LogP) is 3.04. The van der Waals surface area contributed by atoms with Gasteiger partial charge >= 0.3 is 0 Å². The summed E-state index contributed by atoms with van der Waals surface area (Å²) in [6.45, 7) is 1.32. The number of ether oxygens (including phenoxy) is 1. The van der Waals surface area contributed by atoms with Crippen LogP contribution in [-0.4, -0.2) is 30.6 Å². The predicted molar refractivity (Wildman–Crippen MR) is 72.0 cm³/mol. The van der Waals surface area contributed by atoms with Crippen LogP contribution in [0.2, 0.25) is 0 Å². The van der Waals surface area contributed by atoms with E-state index < -0.39 is 0 Å². The molecule has 0 radical (unpaired) electrons. The summed E-state index contributed by atoms with van der Waals surface area (Å²) in [5.41, 5.74) is 1.52. The SMILES string of the molecule is COc1ccc(C2CCN3C4CCCC4C23)cc1. The topological polar surface area (TPSA) is 12.5 Å². The first-order valence-electron chi connectivity index (χ1n) is 7.28. The molecule has 2 aliphatic heterocycles. The maximum Gasteiger partial charge on any atom is 0.118 e. The molecule has 4 atom stereocenters. The lowest BCUT2D eigenvalue weighted by atomic mass is 9.76. The van der Waals surface area contributed by atoms with E-state index in [1.165, 1.54) is 37.8 Å². The molecule has 2 heterocycles. The Balaban J connectivity index is 1.58. The fourth-order valence-electron chi connectivity index (χ4n) is 4.66. The van der Waals surface area contributed by atoms with Gasteiger partial charge in [-0.25, -0.2) is 0 Å². The summed E-state index contributed by atoms with van der Waals surface area (Å²) in [5.74, 6) is 2.75. The zero-order valence-corrected chi connectivity index (χ0v) is 11.0. The Labute approximate surface area is 109 Å². The van der Waals surface area contributed by atoms with Gasteiger partial charge in [-0.1, -0.05) is 18.6 Å². The van der Waals surface area contributed by atoms with Crippen LogP contribution >= 0.6 is 0 Å². The molecule has 2 heteroatoms. The summed E-state index contributed by atoms with van der Waals surface area (Å²) in [6, 6.07) is 10.6. The number of fused-ring (bicyclic) bond motifs is 4. The fraction of sp³-hybridized carbons (Fsp3) is 0.625. The molecular formula is C16H21NO. The summed E-state index contributed by atoms with van der Waals surface area (Å²) in [4.78, 5) is 2.78. The van der Waals surface area contributed by atoms with Gasteiger partial charge in [0, 0.05) is 18.0 Å². The Morgan fingerprint density at radius 3 is 2.72 bits per heavy atom. The highest BCUT2D eigenvalue weighted by Crippen LogP contribution is 2.53. The van der Waals surface area contributed by atoms with Gasteiger partial charge in [-0.15, -0.1) is 0 Å². The maximum absolute atomic E-state index is 5.25. The number of methoxy groups -OCH3 is 1. The molecule has 1 aliphatic carbocycles. The Hall–Kier alpha value is -1.02. The first-order valence-corrected chi connectivity index (χ1v) is 7.28. The van der Waals surface area contributed by atoms with Gasteiger partial charge in [0.25, 0.3) is 0 Å². The smallest absolute Gasteiger partial charge is 0.118 e. The van der Waals surface area contributed by atoms with Gasteiger partial charge in [0.1, 0.15) is 5.75 Å². The lowest BCUT2D eigenvalue weighted by Crippen LogP contribution is -2.59. The summed E-state index contributed by atoms with van der Waals surface area (Å²) < 4.78 is 5.25. The highest BCUT2D eigenvalue weighted by Gasteiger charge is 2.56. The monoisotopic (exact) mass is 243 g/mol.